The van der Waals surface area contributed by atoms with Crippen LogP contribution in [0.1, 0.15) is 12.7 Å². The molecule has 0 fully saturated rings. The summed E-state index contributed by atoms with van der Waals surface area (Å²) >= 11 is 5.94. The van der Waals surface area contributed by atoms with Crippen molar-refractivity contribution in [1.82, 2.24) is 15.2 Å². The maximum Gasteiger partial charge on any atom is 0.184 e. The Morgan fingerprint density at radius 2 is 2.25 bits per heavy atom. The van der Waals surface area contributed by atoms with Gasteiger partial charge in [0.05, 0.1) is 12.7 Å². The van der Waals surface area contributed by atoms with Gasteiger partial charge in [0.15, 0.2) is 5.82 Å². The van der Waals surface area contributed by atoms with Crippen molar-refractivity contribution in [3.63, 3.8) is 0 Å². The Morgan fingerprint density at radius 1 is 1.44 bits per heavy atom. The molecule has 4 nitrogen and oxygen atoms in total. The Morgan fingerprint density at radius 3 is 2.88 bits per heavy atom. The number of benzene rings is 1. The van der Waals surface area contributed by atoms with Crippen molar-refractivity contribution in [2.45, 2.75) is 13.3 Å². The van der Waals surface area contributed by atoms with Crippen LogP contribution in [0, 0.1) is 0 Å². The van der Waals surface area contributed by atoms with Crippen molar-refractivity contribution in [2.75, 3.05) is 7.11 Å². The summed E-state index contributed by atoms with van der Waals surface area (Å²) in [6.45, 7) is 2.01. The number of aromatic amines is 1. The van der Waals surface area contributed by atoms with Crippen LogP contribution in [0.25, 0.3) is 11.4 Å². The molecule has 0 aliphatic carbocycles. The third kappa shape index (κ3) is 2.02. The minimum atomic E-state index is 0.608. The van der Waals surface area contributed by atoms with Crippen LogP contribution in [0.15, 0.2) is 18.2 Å². The predicted octanol–water partition coefficient (Wildman–Crippen LogP) is 2.70. The van der Waals surface area contributed by atoms with Crippen molar-refractivity contribution < 1.29 is 4.74 Å². The molecule has 0 saturated heterocycles. The normalized spacial score (nSPS) is 10.4. The zero-order valence-electron chi connectivity index (χ0n) is 9.12. The number of nitrogens with zero attached hydrogens (tertiary/aromatic N) is 2. The van der Waals surface area contributed by atoms with Crippen LogP contribution in [0.3, 0.4) is 0 Å². The van der Waals surface area contributed by atoms with Gasteiger partial charge in [0, 0.05) is 11.4 Å². The summed E-state index contributed by atoms with van der Waals surface area (Å²) in [4.78, 5) is 4.34. The zero-order chi connectivity index (χ0) is 11.5. The molecule has 1 aromatic heterocycles. The van der Waals surface area contributed by atoms with Gasteiger partial charge in [-0.2, -0.15) is 5.10 Å². The van der Waals surface area contributed by atoms with Crippen LogP contribution >= 0.6 is 11.6 Å². The maximum atomic E-state index is 5.94. The number of aromatic nitrogens is 3. The molecule has 0 spiro atoms. The minimum absolute atomic E-state index is 0.608. The summed E-state index contributed by atoms with van der Waals surface area (Å²) in [5.74, 6) is 2.17. The number of rotatable bonds is 3. The van der Waals surface area contributed by atoms with Gasteiger partial charge < -0.3 is 4.74 Å². The van der Waals surface area contributed by atoms with Gasteiger partial charge in [-0.25, -0.2) is 4.98 Å². The van der Waals surface area contributed by atoms with E-state index >= 15 is 0 Å². The smallest absolute Gasteiger partial charge is 0.184 e. The number of hydrogen-bond donors (Lipinski definition) is 1. The third-order valence-electron chi connectivity index (χ3n) is 2.27. The average molecular weight is 238 g/mol. The number of nitrogens with one attached hydrogen (secondary N) is 1. The number of H-pyrrole nitrogens is 1. The van der Waals surface area contributed by atoms with Gasteiger partial charge in [-0.1, -0.05) is 18.5 Å². The van der Waals surface area contributed by atoms with Crippen LogP contribution in [-0.2, 0) is 6.42 Å². The summed E-state index contributed by atoms with van der Waals surface area (Å²) in [6, 6.07) is 5.37. The Balaban J connectivity index is 2.49. The van der Waals surface area contributed by atoms with Gasteiger partial charge >= 0.3 is 0 Å². The molecule has 5 heteroatoms. The molecule has 0 aliphatic heterocycles. The fourth-order valence-electron chi connectivity index (χ4n) is 1.43. The lowest BCUT2D eigenvalue weighted by molar-refractivity contribution is 0.416. The van der Waals surface area contributed by atoms with E-state index in [0.717, 1.165) is 17.8 Å². The second-order valence-corrected chi connectivity index (χ2v) is 3.74. The van der Waals surface area contributed by atoms with E-state index in [1.54, 1.807) is 25.3 Å². The van der Waals surface area contributed by atoms with E-state index in [9.17, 15) is 0 Å². The molecule has 84 valence electrons. The zero-order valence-corrected chi connectivity index (χ0v) is 9.88. The quantitative estimate of drug-likeness (QED) is 0.893. The van der Waals surface area contributed by atoms with E-state index < -0.39 is 0 Å². The fourth-order valence-corrected chi connectivity index (χ4v) is 1.60. The average Bonchev–Trinajstić information content (AvgIpc) is 2.77. The van der Waals surface area contributed by atoms with Crippen molar-refractivity contribution in [1.29, 1.82) is 0 Å². The third-order valence-corrected chi connectivity index (χ3v) is 2.50. The second kappa shape index (κ2) is 4.53. The van der Waals surface area contributed by atoms with Gasteiger partial charge in [-0.3, -0.25) is 5.10 Å². The molecular formula is C11H12ClN3O. The van der Waals surface area contributed by atoms with E-state index in [4.69, 9.17) is 16.3 Å². The molecule has 0 unspecified atom stereocenters. The summed E-state index contributed by atoms with van der Waals surface area (Å²) in [5, 5.41) is 7.63. The first-order chi connectivity index (χ1) is 7.74. The monoisotopic (exact) mass is 237 g/mol. The molecule has 0 atom stereocenters. The highest BCUT2D eigenvalue weighted by Gasteiger charge is 2.11. The van der Waals surface area contributed by atoms with Crippen molar-refractivity contribution in [2.24, 2.45) is 0 Å². The van der Waals surface area contributed by atoms with E-state index in [-0.39, 0.29) is 0 Å². The van der Waals surface area contributed by atoms with Crippen LogP contribution in [-0.4, -0.2) is 22.3 Å². The second-order valence-electron chi connectivity index (χ2n) is 3.30. The number of halogens is 1. The molecule has 0 aliphatic rings. The van der Waals surface area contributed by atoms with Crippen LogP contribution in [0.5, 0.6) is 5.75 Å². The molecule has 2 rings (SSSR count). The first kappa shape index (κ1) is 11.0. The largest absolute Gasteiger partial charge is 0.496 e. The Labute approximate surface area is 98.6 Å². The highest BCUT2D eigenvalue weighted by atomic mass is 35.5. The maximum absolute atomic E-state index is 5.94. The lowest BCUT2D eigenvalue weighted by Gasteiger charge is -2.05. The SMILES string of the molecule is CCc1nc(-c2cc(Cl)ccc2OC)n[nH]1. The molecule has 1 heterocycles. The lowest BCUT2D eigenvalue weighted by Crippen LogP contribution is -1.89. The Bertz CT molecular complexity index is 496. The molecule has 0 amide bonds. The van der Waals surface area contributed by atoms with Crippen LogP contribution in [0.2, 0.25) is 5.02 Å². The summed E-state index contributed by atoms with van der Waals surface area (Å²) < 4.78 is 5.25. The fraction of sp³-hybridized carbons (Fsp3) is 0.273. The molecule has 16 heavy (non-hydrogen) atoms. The molecule has 0 radical (unpaired) electrons. The lowest BCUT2D eigenvalue weighted by atomic mass is 10.2. The van der Waals surface area contributed by atoms with Gasteiger partial charge in [0.2, 0.25) is 0 Å². The number of methoxy groups -OCH3 is 1. The van der Waals surface area contributed by atoms with Crippen molar-refractivity contribution in [3.8, 4) is 17.1 Å². The van der Waals surface area contributed by atoms with E-state index in [1.165, 1.54) is 0 Å². The van der Waals surface area contributed by atoms with Crippen LogP contribution < -0.4 is 4.74 Å². The summed E-state index contributed by atoms with van der Waals surface area (Å²) in [5.41, 5.74) is 0.797. The predicted molar refractivity (Wildman–Crippen MR) is 62.8 cm³/mol. The van der Waals surface area contributed by atoms with E-state index in [0.29, 0.717) is 16.6 Å². The van der Waals surface area contributed by atoms with Gasteiger partial charge in [-0.05, 0) is 18.2 Å². The highest BCUT2D eigenvalue weighted by Crippen LogP contribution is 2.30. The molecule has 0 saturated carbocycles. The van der Waals surface area contributed by atoms with Crippen LogP contribution in [0.4, 0.5) is 0 Å². The Hall–Kier alpha value is -1.55. The number of ether oxygens (including phenoxy) is 1. The van der Waals surface area contributed by atoms with Gasteiger partial charge in [0.1, 0.15) is 11.6 Å². The topological polar surface area (TPSA) is 50.8 Å². The molecule has 1 aromatic carbocycles. The Kier molecular flexibility index (Phi) is 3.10. The number of aryl methyl sites for hydroxylation is 1. The standard InChI is InChI=1S/C11H12ClN3O/c1-3-10-13-11(15-14-10)8-6-7(12)4-5-9(8)16-2/h4-6H,3H2,1-2H3,(H,13,14,15). The van der Waals surface area contributed by atoms with E-state index in [1.807, 2.05) is 6.92 Å². The first-order valence-corrected chi connectivity index (χ1v) is 5.37. The summed E-state index contributed by atoms with van der Waals surface area (Å²) in [7, 11) is 1.61. The van der Waals surface area contributed by atoms with Crippen molar-refractivity contribution in [3.05, 3.63) is 29.0 Å². The van der Waals surface area contributed by atoms with Gasteiger partial charge in [0.25, 0.3) is 0 Å². The molecular weight excluding hydrogens is 226 g/mol. The highest BCUT2D eigenvalue weighted by molar-refractivity contribution is 6.30. The van der Waals surface area contributed by atoms with Crippen molar-refractivity contribution >= 4 is 11.6 Å². The minimum Gasteiger partial charge on any atom is -0.496 e. The van der Waals surface area contributed by atoms with Gasteiger partial charge in [-0.15, -0.1) is 0 Å². The number of hydrogen-bond acceptors (Lipinski definition) is 3. The molecule has 0 bridgehead atoms. The first-order valence-electron chi connectivity index (χ1n) is 4.99. The van der Waals surface area contributed by atoms with E-state index in [2.05, 4.69) is 15.2 Å². The molecule has 2 aromatic rings. The molecule has 1 N–H and O–H groups in total. The summed E-state index contributed by atoms with van der Waals surface area (Å²) in [6.07, 6.45) is 0.815.